The van der Waals surface area contributed by atoms with Crippen molar-refractivity contribution in [2.45, 2.75) is 19.4 Å². The molecule has 0 unspecified atom stereocenters. The van der Waals surface area contributed by atoms with E-state index in [1.165, 1.54) is 4.90 Å². The number of para-hydroxylation sites is 2. The fraction of sp³-hybridized carbons (Fsp3) is 0.208. The third-order valence-electron chi connectivity index (χ3n) is 5.38. The molecule has 4 rings (SSSR count). The summed E-state index contributed by atoms with van der Waals surface area (Å²) in [5.74, 6) is -0.399. The molecule has 7 heteroatoms. The fourth-order valence-corrected chi connectivity index (χ4v) is 3.86. The van der Waals surface area contributed by atoms with Crippen LogP contribution in [0.4, 0.5) is 21.9 Å². The lowest BCUT2D eigenvalue weighted by atomic mass is 10.1. The second kappa shape index (κ2) is 8.47. The highest BCUT2D eigenvalue weighted by atomic mass is 16.2. The van der Waals surface area contributed by atoms with Gasteiger partial charge in [-0.1, -0.05) is 48.5 Å². The van der Waals surface area contributed by atoms with E-state index in [1.54, 1.807) is 24.1 Å². The van der Waals surface area contributed by atoms with Crippen molar-refractivity contribution in [1.29, 1.82) is 0 Å². The smallest absolute Gasteiger partial charge is 0.322 e. The Kier molecular flexibility index (Phi) is 5.58. The van der Waals surface area contributed by atoms with Crippen LogP contribution in [-0.2, 0) is 9.59 Å². The average Bonchev–Trinajstić information content (AvgIpc) is 2.88. The molecule has 0 aliphatic carbocycles. The summed E-state index contributed by atoms with van der Waals surface area (Å²) in [6.07, 6.45) is 0.187. The summed E-state index contributed by atoms with van der Waals surface area (Å²) in [7, 11) is 1.58. The number of nitrogens with zero attached hydrogens (tertiary/aromatic N) is 2. The Hall–Kier alpha value is -3.87. The molecule has 1 aliphatic heterocycles. The first kappa shape index (κ1) is 20.4. The summed E-state index contributed by atoms with van der Waals surface area (Å²) in [5.41, 5.74) is 1.91. The number of benzene rings is 3. The molecule has 3 aromatic carbocycles. The van der Waals surface area contributed by atoms with Crippen molar-refractivity contribution in [3.8, 4) is 0 Å². The van der Waals surface area contributed by atoms with Gasteiger partial charge in [-0.2, -0.15) is 0 Å². The van der Waals surface area contributed by atoms with Crippen molar-refractivity contribution < 1.29 is 14.4 Å². The zero-order valence-corrected chi connectivity index (χ0v) is 17.5. The molecule has 2 N–H and O–H groups in total. The lowest BCUT2D eigenvalue weighted by molar-refractivity contribution is -0.119. The highest BCUT2D eigenvalue weighted by Crippen LogP contribution is 2.31. The Bertz CT molecular complexity index is 1160. The molecule has 3 aromatic rings. The van der Waals surface area contributed by atoms with E-state index in [9.17, 15) is 14.4 Å². The van der Waals surface area contributed by atoms with E-state index in [4.69, 9.17) is 0 Å². The summed E-state index contributed by atoms with van der Waals surface area (Å²) in [5, 5.41) is 7.68. The van der Waals surface area contributed by atoms with Crippen molar-refractivity contribution in [2.75, 3.05) is 29.1 Å². The highest BCUT2D eigenvalue weighted by Gasteiger charge is 2.30. The van der Waals surface area contributed by atoms with Gasteiger partial charge >= 0.3 is 6.03 Å². The predicted octanol–water partition coefficient (Wildman–Crippen LogP) is 4.07. The first-order chi connectivity index (χ1) is 14.9. The van der Waals surface area contributed by atoms with Crippen LogP contribution >= 0.6 is 0 Å². The van der Waals surface area contributed by atoms with Gasteiger partial charge in [0.05, 0.1) is 17.1 Å². The van der Waals surface area contributed by atoms with Crippen LogP contribution in [0.1, 0.15) is 13.3 Å². The number of carbonyl (C=O) groups excluding carboxylic acids is 3. The minimum absolute atomic E-state index is 0.122. The Morgan fingerprint density at radius 1 is 1.06 bits per heavy atom. The zero-order chi connectivity index (χ0) is 22.0. The number of fused-ring (bicyclic) bond motifs is 2. The molecule has 31 heavy (non-hydrogen) atoms. The molecule has 0 radical (unpaired) electrons. The van der Waals surface area contributed by atoms with Crippen molar-refractivity contribution in [3.63, 3.8) is 0 Å². The standard InChI is InChI=1S/C24H24N4O3/c1-16-14-22(29)25-20-11-5-6-13-21(20)28(16)23(30)15-27(2)24(31)26-19-12-7-9-17-8-3-4-10-18(17)19/h3-13,16H,14-15H2,1-2H3,(H,25,29)(H,26,31)/t16-/m0/s1. The molecule has 1 aliphatic rings. The van der Waals surface area contributed by atoms with Gasteiger partial charge in [-0.15, -0.1) is 0 Å². The maximum atomic E-state index is 13.2. The minimum atomic E-state index is -0.380. The number of nitrogens with one attached hydrogen (secondary N) is 2. The van der Waals surface area contributed by atoms with Gasteiger partial charge in [0.25, 0.3) is 0 Å². The minimum Gasteiger partial charge on any atom is -0.324 e. The maximum absolute atomic E-state index is 13.2. The van der Waals surface area contributed by atoms with E-state index < -0.39 is 0 Å². The van der Waals surface area contributed by atoms with Crippen LogP contribution in [0.5, 0.6) is 0 Å². The molecule has 1 atom stereocenters. The highest BCUT2D eigenvalue weighted by molar-refractivity contribution is 6.06. The molecular weight excluding hydrogens is 392 g/mol. The molecule has 0 aromatic heterocycles. The van der Waals surface area contributed by atoms with Crippen LogP contribution in [0.25, 0.3) is 10.8 Å². The van der Waals surface area contributed by atoms with Gasteiger partial charge in [0.15, 0.2) is 0 Å². The van der Waals surface area contributed by atoms with E-state index in [2.05, 4.69) is 10.6 Å². The summed E-state index contributed by atoms with van der Waals surface area (Å²) < 4.78 is 0. The van der Waals surface area contributed by atoms with Gasteiger partial charge < -0.3 is 20.4 Å². The third kappa shape index (κ3) is 4.21. The van der Waals surface area contributed by atoms with E-state index in [1.807, 2.05) is 61.5 Å². The normalized spacial score (nSPS) is 15.6. The van der Waals surface area contributed by atoms with E-state index in [0.717, 1.165) is 10.8 Å². The average molecular weight is 416 g/mol. The van der Waals surface area contributed by atoms with Gasteiger partial charge in [-0.25, -0.2) is 4.79 Å². The molecule has 0 fully saturated rings. The van der Waals surface area contributed by atoms with E-state index in [-0.39, 0.29) is 36.9 Å². The molecule has 0 saturated heterocycles. The van der Waals surface area contributed by atoms with E-state index in [0.29, 0.717) is 17.1 Å². The van der Waals surface area contributed by atoms with Crippen LogP contribution in [0, 0.1) is 0 Å². The number of rotatable bonds is 3. The van der Waals surface area contributed by atoms with Crippen LogP contribution < -0.4 is 15.5 Å². The summed E-state index contributed by atoms with van der Waals surface area (Å²) in [6.45, 7) is 1.71. The molecular formula is C24H24N4O3. The maximum Gasteiger partial charge on any atom is 0.322 e. The van der Waals surface area contributed by atoms with Gasteiger partial charge in [0, 0.05) is 24.9 Å². The lowest BCUT2D eigenvalue weighted by Crippen LogP contribution is -2.46. The number of urea groups is 1. The third-order valence-corrected chi connectivity index (χ3v) is 5.38. The van der Waals surface area contributed by atoms with Gasteiger partial charge in [0.1, 0.15) is 6.54 Å². The largest absolute Gasteiger partial charge is 0.324 e. The first-order valence-electron chi connectivity index (χ1n) is 10.1. The Morgan fingerprint density at radius 2 is 1.77 bits per heavy atom. The first-order valence-corrected chi connectivity index (χ1v) is 10.1. The van der Waals surface area contributed by atoms with Crippen LogP contribution in [-0.4, -0.2) is 42.4 Å². The molecule has 0 saturated carbocycles. The van der Waals surface area contributed by atoms with Crippen molar-refractivity contribution in [2.24, 2.45) is 0 Å². The number of likely N-dealkylation sites (N-methyl/N-ethyl adjacent to an activating group) is 1. The summed E-state index contributed by atoms with van der Waals surface area (Å²) in [4.78, 5) is 41.1. The van der Waals surface area contributed by atoms with Crippen molar-refractivity contribution >= 4 is 45.7 Å². The van der Waals surface area contributed by atoms with Gasteiger partial charge in [-0.3, -0.25) is 9.59 Å². The molecule has 0 spiro atoms. The number of amides is 4. The monoisotopic (exact) mass is 416 g/mol. The molecule has 1 heterocycles. The van der Waals surface area contributed by atoms with Gasteiger partial charge in [-0.05, 0) is 30.5 Å². The van der Waals surface area contributed by atoms with Crippen LogP contribution in [0.2, 0.25) is 0 Å². The molecule has 158 valence electrons. The number of anilines is 3. The Balaban J connectivity index is 1.51. The predicted molar refractivity (Wildman–Crippen MR) is 122 cm³/mol. The van der Waals surface area contributed by atoms with Crippen molar-refractivity contribution in [1.82, 2.24) is 4.90 Å². The second-order valence-corrected chi connectivity index (χ2v) is 7.70. The summed E-state index contributed by atoms with van der Waals surface area (Å²) in [6, 6.07) is 19.9. The SMILES string of the molecule is C[C@H]1CC(=O)Nc2ccccc2N1C(=O)CN(C)C(=O)Nc1cccc2ccccc12. The van der Waals surface area contributed by atoms with E-state index >= 15 is 0 Å². The Labute approximate surface area is 180 Å². The number of hydrogen-bond donors (Lipinski definition) is 2. The van der Waals surface area contributed by atoms with Crippen LogP contribution in [0.3, 0.4) is 0 Å². The second-order valence-electron chi connectivity index (χ2n) is 7.70. The van der Waals surface area contributed by atoms with Crippen LogP contribution in [0.15, 0.2) is 66.7 Å². The Morgan fingerprint density at radius 3 is 2.61 bits per heavy atom. The van der Waals surface area contributed by atoms with Gasteiger partial charge in [0.2, 0.25) is 11.8 Å². The zero-order valence-electron chi connectivity index (χ0n) is 17.5. The molecule has 4 amide bonds. The lowest BCUT2D eigenvalue weighted by Gasteiger charge is -2.29. The number of hydrogen-bond acceptors (Lipinski definition) is 3. The number of carbonyl (C=O) groups is 3. The molecule has 7 nitrogen and oxygen atoms in total. The topological polar surface area (TPSA) is 81.8 Å². The summed E-state index contributed by atoms with van der Waals surface area (Å²) >= 11 is 0. The molecule has 0 bridgehead atoms. The van der Waals surface area contributed by atoms with Crippen molar-refractivity contribution in [3.05, 3.63) is 66.7 Å². The quantitative estimate of drug-likeness (QED) is 0.675. The fourth-order valence-electron chi connectivity index (χ4n) is 3.86.